The first-order valence-corrected chi connectivity index (χ1v) is 3.29. The molecule has 0 saturated carbocycles. The molecule has 1 heterocycles. The number of ether oxygens (including phenoxy) is 1. The van der Waals surface area contributed by atoms with Crippen molar-refractivity contribution in [3.63, 3.8) is 0 Å². The molecule has 0 radical (unpaired) electrons. The topological polar surface area (TPSA) is 26.3 Å². The van der Waals surface area contributed by atoms with Crippen molar-refractivity contribution < 1.29 is 9.53 Å². The summed E-state index contributed by atoms with van der Waals surface area (Å²) in [5.74, 6) is 0. The summed E-state index contributed by atoms with van der Waals surface area (Å²) in [5.41, 5.74) is 0. The van der Waals surface area contributed by atoms with Gasteiger partial charge in [-0.05, 0) is 10.8 Å². The molecule has 0 N–H and O–H groups in total. The summed E-state index contributed by atoms with van der Waals surface area (Å²) in [6, 6.07) is 4.04. The average molecular weight is 144 g/mol. The van der Waals surface area contributed by atoms with E-state index in [1.54, 1.807) is 11.3 Å². The zero-order chi connectivity index (χ0) is 6.95. The molecule has 0 atom stereocenters. The van der Waals surface area contributed by atoms with Gasteiger partial charge in [-0.15, -0.1) is 0 Å². The smallest absolute Gasteiger partial charge is 0.292 e. The van der Waals surface area contributed by atoms with E-state index in [9.17, 15) is 0 Å². The van der Waals surface area contributed by atoms with Crippen LogP contribution in [0.5, 0.6) is 0 Å². The Labute approximate surface area is 58.1 Å². The fraction of sp³-hybridized carbons (Fsp3) is 0.167. The highest BCUT2D eigenvalue weighted by molar-refractivity contribution is 7.07. The van der Waals surface area contributed by atoms with E-state index < -0.39 is 0 Å². The van der Waals surface area contributed by atoms with Gasteiger partial charge >= 0.3 is 0 Å². The third-order valence-electron chi connectivity index (χ3n) is 0.522. The van der Waals surface area contributed by atoms with Gasteiger partial charge in [0.1, 0.15) is 0 Å². The molecular formula is C6H8O2S. The van der Waals surface area contributed by atoms with Crippen LogP contribution in [0.15, 0.2) is 22.9 Å². The predicted octanol–water partition coefficient (Wildman–Crippen LogP) is 1.54. The van der Waals surface area contributed by atoms with Gasteiger partial charge in [0.25, 0.3) is 6.47 Å². The quantitative estimate of drug-likeness (QED) is 0.559. The highest BCUT2D eigenvalue weighted by Crippen LogP contribution is 1.91. The van der Waals surface area contributed by atoms with Crippen LogP contribution >= 0.6 is 11.3 Å². The van der Waals surface area contributed by atoms with E-state index in [1.165, 1.54) is 7.11 Å². The molecule has 3 heteroatoms. The zero-order valence-electron chi connectivity index (χ0n) is 5.11. The van der Waals surface area contributed by atoms with Crippen LogP contribution in [0.2, 0.25) is 0 Å². The van der Waals surface area contributed by atoms with Crippen LogP contribution in [0, 0.1) is 0 Å². The van der Waals surface area contributed by atoms with Gasteiger partial charge in [0.15, 0.2) is 0 Å². The molecule has 2 nitrogen and oxygen atoms in total. The number of hydrogen-bond acceptors (Lipinski definition) is 3. The third-order valence-corrected chi connectivity index (χ3v) is 1.15. The number of hydrogen-bond donors (Lipinski definition) is 0. The summed E-state index contributed by atoms with van der Waals surface area (Å²) in [6.45, 7) is 0.375. The van der Waals surface area contributed by atoms with E-state index in [2.05, 4.69) is 4.74 Å². The van der Waals surface area contributed by atoms with E-state index in [0.29, 0.717) is 6.47 Å². The predicted molar refractivity (Wildman–Crippen MR) is 37.4 cm³/mol. The van der Waals surface area contributed by atoms with Crippen molar-refractivity contribution in [2.45, 2.75) is 0 Å². The Balaban J connectivity index is 0.000000148. The van der Waals surface area contributed by atoms with Gasteiger partial charge in [-0.25, -0.2) is 0 Å². The summed E-state index contributed by atoms with van der Waals surface area (Å²) < 4.78 is 3.86. The van der Waals surface area contributed by atoms with E-state index in [0.717, 1.165) is 0 Å². The number of carbonyl (C=O) groups is 1. The van der Waals surface area contributed by atoms with Gasteiger partial charge in [0.05, 0.1) is 7.11 Å². The molecule has 0 fully saturated rings. The van der Waals surface area contributed by atoms with Crippen molar-refractivity contribution in [3.05, 3.63) is 22.9 Å². The van der Waals surface area contributed by atoms with Crippen molar-refractivity contribution >= 4 is 17.8 Å². The molecule has 0 aromatic carbocycles. The van der Waals surface area contributed by atoms with Gasteiger partial charge in [0.2, 0.25) is 0 Å². The molecule has 1 aromatic rings. The molecule has 0 amide bonds. The molecule has 0 unspecified atom stereocenters. The van der Waals surface area contributed by atoms with Crippen LogP contribution in [0.1, 0.15) is 0 Å². The highest BCUT2D eigenvalue weighted by Gasteiger charge is 1.58. The van der Waals surface area contributed by atoms with Crippen LogP contribution in [0.4, 0.5) is 0 Å². The molecule has 1 aromatic heterocycles. The lowest BCUT2D eigenvalue weighted by Gasteiger charge is -1.67. The van der Waals surface area contributed by atoms with Crippen molar-refractivity contribution in [2.24, 2.45) is 0 Å². The lowest BCUT2D eigenvalue weighted by Crippen LogP contribution is -1.68. The Morgan fingerprint density at radius 3 is 2.00 bits per heavy atom. The maximum atomic E-state index is 8.95. The summed E-state index contributed by atoms with van der Waals surface area (Å²) in [5, 5.41) is 4.08. The summed E-state index contributed by atoms with van der Waals surface area (Å²) in [7, 11) is 1.31. The van der Waals surface area contributed by atoms with Crippen LogP contribution in [0.25, 0.3) is 0 Å². The first-order chi connectivity index (χ1) is 4.41. The van der Waals surface area contributed by atoms with Gasteiger partial charge in [-0.3, -0.25) is 4.79 Å². The second kappa shape index (κ2) is 7.17. The average Bonchev–Trinajstić information content (AvgIpc) is 2.43. The van der Waals surface area contributed by atoms with E-state index in [4.69, 9.17) is 4.79 Å². The summed E-state index contributed by atoms with van der Waals surface area (Å²) in [4.78, 5) is 8.95. The van der Waals surface area contributed by atoms with E-state index in [-0.39, 0.29) is 0 Å². The van der Waals surface area contributed by atoms with Gasteiger partial charge in [-0.1, -0.05) is 12.1 Å². The van der Waals surface area contributed by atoms with E-state index >= 15 is 0 Å². The van der Waals surface area contributed by atoms with Crippen LogP contribution < -0.4 is 0 Å². The Kier molecular flexibility index (Phi) is 6.51. The van der Waals surface area contributed by atoms with Crippen molar-refractivity contribution in [1.82, 2.24) is 0 Å². The molecule has 1 rings (SSSR count). The van der Waals surface area contributed by atoms with Crippen LogP contribution in [-0.2, 0) is 9.53 Å². The molecule has 0 spiro atoms. The molecule has 0 aliphatic heterocycles. The molecule has 0 saturated heterocycles. The number of thiophene rings is 1. The lowest BCUT2D eigenvalue weighted by molar-refractivity contribution is -0.126. The second-order valence-electron chi connectivity index (χ2n) is 1.13. The number of rotatable bonds is 1. The fourth-order valence-electron chi connectivity index (χ4n) is 0.227. The minimum atomic E-state index is 0.375. The maximum absolute atomic E-state index is 8.95. The fourth-order valence-corrected chi connectivity index (χ4v) is 0.680. The van der Waals surface area contributed by atoms with Gasteiger partial charge in [0, 0.05) is 0 Å². The molecule has 0 aliphatic rings. The number of carbonyl (C=O) groups excluding carboxylic acids is 1. The Hall–Kier alpha value is -0.830. The van der Waals surface area contributed by atoms with E-state index in [1.807, 2.05) is 22.9 Å². The Bertz CT molecular complexity index is 108. The Morgan fingerprint density at radius 1 is 1.44 bits per heavy atom. The minimum absolute atomic E-state index is 0.375. The third kappa shape index (κ3) is 7.17. The number of methoxy groups -OCH3 is 1. The first-order valence-electron chi connectivity index (χ1n) is 2.35. The van der Waals surface area contributed by atoms with Gasteiger partial charge < -0.3 is 4.74 Å². The minimum Gasteiger partial charge on any atom is -0.471 e. The lowest BCUT2D eigenvalue weighted by atomic mass is 10.7. The second-order valence-corrected chi connectivity index (χ2v) is 1.94. The maximum Gasteiger partial charge on any atom is 0.292 e. The first kappa shape index (κ1) is 8.17. The largest absolute Gasteiger partial charge is 0.471 e. The monoisotopic (exact) mass is 144 g/mol. The normalized spacial score (nSPS) is 6.78. The summed E-state index contributed by atoms with van der Waals surface area (Å²) in [6.07, 6.45) is 0. The van der Waals surface area contributed by atoms with Crippen LogP contribution in [0.3, 0.4) is 0 Å². The van der Waals surface area contributed by atoms with Crippen molar-refractivity contribution in [1.29, 1.82) is 0 Å². The zero-order valence-corrected chi connectivity index (χ0v) is 5.93. The molecule has 0 bridgehead atoms. The highest BCUT2D eigenvalue weighted by atomic mass is 32.1. The molecule has 0 aliphatic carbocycles. The molecule has 9 heavy (non-hydrogen) atoms. The van der Waals surface area contributed by atoms with Gasteiger partial charge in [-0.2, -0.15) is 11.3 Å². The van der Waals surface area contributed by atoms with Crippen LogP contribution in [-0.4, -0.2) is 13.6 Å². The van der Waals surface area contributed by atoms with Crippen molar-refractivity contribution in [2.75, 3.05) is 7.11 Å². The molecular weight excluding hydrogens is 136 g/mol. The SMILES string of the molecule is COC=O.c1ccsc1. The summed E-state index contributed by atoms with van der Waals surface area (Å²) >= 11 is 1.71. The van der Waals surface area contributed by atoms with Crippen molar-refractivity contribution in [3.8, 4) is 0 Å². The Morgan fingerprint density at radius 2 is 1.89 bits per heavy atom. The standard InChI is InChI=1S/C4H4S.C2H4O2/c1-2-4-5-3-1;1-4-2-3/h1-4H;2H,1H3. The molecule has 50 valence electrons.